The lowest BCUT2D eigenvalue weighted by Gasteiger charge is -2.11. The monoisotopic (exact) mass is 431 g/mol. The predicted octanol–water partition coefficient (Wildman–Crippen LogP) is 1.54. The van der Waals surface area contributed by atoms with Crippen molar-refractivity contribution >= 4 is 17.7 Å². The molecule has 160 valence electrons. The van der Waals surface area contributed by atoms with Crippen molar-refractivity contribution in [2.24, 2.45) is 0 Å². The van der Waals surface area contributed by atoms with E-state index in [9.17, 15) is 14.7 Å². The van der Waals surface area contributed by atoms with E-state index in [4.69, 9.17) is 4.42 Å². The van der Waals surface area contributed by atoms with Crippen LogP contribution < -0.4 is 16.4 Å². The van der Waals surface area contributed by atoms with Gasteiger partial charge in [0, 0.05) is 42.9 Å². The van der Waals surface area contributed by atoms with Gasteiger partial charge < -0.3 is 24.7 Å². The highest BCUT2D eigenvalue weighted by Gasteiger charge is 2.15. The van der Waals surface area contributed by atoms with Crippen LogP contribution in [0.15, 0.2) is 50.9 Å². The van der Waals surface area contributed by atoms with Crippen LogP contribution in [0, 0.1) is 0 Å². The van der Waals surface area contributed by atoms with Gasteiger partial charge in [0.25, 0.3) is 5.56 Å². The Kier molecular flexibility index (Phi) is 7.50. The first-order valence-corrected chi connectivity index (χ1v) is 10.6. The zero-order valence-electron chi connectivity index (χ0n) is 16.8. The summed E-state index contributed by atoms with van der Waals surface area (Å²) in [5.41, 5.74) is 0.773. The van der Waals surface area contributed by atoms with E-state index < -0.39 is 11.7 Å². The number of pyridine rings is 1. The molecule has 3 heterocycles. The number of rotatable bonds is 10. The SMILES string of the molecule is CN(C)Cc1ccoc1CSCCNc1ncc(C(O)c2cc[nH]c(=O)c2)c(=O)[nH]1. The fourth-order valence-electron chi connectivity index (χ4n) is 2.88. The third-order valence-corrected chi connectivity index (χ3v) is 5.29. The number of hydrogen-bond donors (Lipinski definition) is 4. The van der Waals surface area contributed by atoms with E-state index >= 15 is 0 Å². The second kappa shape index (κ2) is 10.3. The van der Waals surface area contributed by atoms with Crippen molar-refractivity contribution in [3.63, 3.8) is 0 Å². The molecule has 0 amide bonds. The lowest BCUT2D eigenvalue weighted by Crippen LogP contribution is -2.21. The number of hydrogen-bond acceptors (Lipinski definition) is 8. The summed E-state index contributed by atoms with van der Waals surface area (Å²) in [5, 5.41) is 13.4. The molecule has 0 radical (unpaired) electrons. The van der Waals surface area contributed by atoms with Crippen LogP contribution in [0.4, 0.5) is 5.95 Å². The summed E-state index contributed by atoms with van der Waals surface area (Å²) in [4.78, 5) is 35.0. The number of thioether (sulfide) groups is 1. The van der Waals surface area contributed by atoms with Gasteiger partial charge in [-0.3, -0.25) is 14.6 Å². The van der Waals surface area contributed by atoms with E-state index in [0.717, 1.165) is 23.8 Å². The summed E-state index contributed by atoms with van der Waals surface area (Å²) >= 11 is 1.72. The fraction of sp³-hybridized carbons (Fsp3) is 0.350. The van der Waals surface area contributed by atoms with Crippen molar-refractivity contribution in [3.05, 3.63) is 80.0 Å². The Bertz CT molecular complexity index is 1080. The standard InChI is InChI=1S/C20H25N5O4S/c1-25(2)11-14-4-7-29-16(14)12-30-8-6-22-20-23-10-15(19(28)24-20)18(27)13-3-5-21-17(26)9-13/h3-5,7,9-10,18,27H,6,8,11-12H2,1-2H3,(H,21,26)(H2,22,23,24,28). The van der Waals surface area contributed by atoms with Gasteiger partial charge >= 0.3 is 0 Å². The molecule has 0 aliphatic heterocycles. The summed E-state index contributed by atoms with van der Waals surface area (Å²) in [6.45, 7) is 1.44. The number of aromatic amines is 2. The van der Waals surface area contributed by atoms with Crippen LogP contribution in [0.5, 0.6) is 0 Å². The maximum atomic E-state index is 12.3. The summed E-state index contributed by atoms with van der Waals surface area (Å²) in [6.07, 6.45) is 3.22. The highest BCUT2D eigenvalue weighted by molar-refractivity contribution is 7.98. The number of aliphatic hydroxyl groups excluding tert-OH is 1. The van der Waals surface area contributed by atoms with E-state index in [0.29, 0.717) is 18.1 Å². The molecule has 1 unspecified atom stereocenters. The van der Waals surface area contributed by atoms with E-state index in [1.807, 2.05) is 20.2 Å². The molecule has 10 heteroatoms. The molecule has 0 bridgehead atoms. The molecular weight excluding hydrogens is 406 g/mol. The molecule has 0 aliphatic carbocycles. The van der Waals surface area contributed by atoms with Crippen molar-refractivity contribution in [2.45, 2.75) is 18.4 Å². The molecule has 0 aliphatic rings. The zero-order valence-corrected chi connectivity index (χ0v) is 17.7. The molecule has 0 spiro atoms. The molecular formula is C20H25N5O4S. The fourth-order valence-corrected chi connectivity index (χ4v) is 3.71. The van der Waals surface area contributed by atoms with Crippen molar-refractivity contribution in [1.82, 2.24) is 19.9 Å². The van der Waals surface area contributed by atoms with Gasteiger partial charge in [0.05, 0.1) is 17.6 Å². The largest absolute Gasteiger partial charge is 0.468 e. The third kappa shape index (κ3) is 5.85. The van der Waals surface area contributed by atoms with Gasteiger partial charge in [-0.1, -0.05) is 0 Å². The second-order valence-electron chi connectivity index (χ2n) is 6.99. The maximum absolute atomic E-state index is 12.3. The van der Waals surface area contributed by atoms with Crippen LogP contribution in [0.2, 0.25) is 0 Å². The molecule has 3 aromatic heterocycles. The molecule has 3 aromatic rings. The summed E-state index contributed by atoms with van der Waals surface area (Å²) in [7, 11) is 4.04. The van der Waals surface area contributed by atoms with Crippen LogP contribution in [-0.4, -0.2) is 51.4 Å². The average Bonchev–Trinajstić information content (AvgIpc) is 3.13. The van der Waals surface area contributed by atoms with Crippen molar-refractivity contribution < 1.29 is 9.52 Å². The van der Waals surface area contributed by atoms with Gasteiger partial charge in [-0.25, -0.2) is 4.98 Å². The summed E-state index contributed by atoms with van der Waals surface area (Å²) in [5.74, 6) is 2.86. The van der Waals surface area contributed by atoms with Gasteiger partial charge in [0.15, 0.2) is 0 Å². The van der Waals surface area contributed by atoms with E-state index in [1.54, 1.807) is 18.0 Å². The average molecular weight is 432 g/mol. The number of aliphatic hydroxyl groups is 1. The molecule has 4 N–H and O–H groups in total. The van der Waals surface area contributed by atoms with Gasteiger partial charge in [0.1, 0.15) is 11.9 Å². The minimum Gasteiger partial charge on any atom is -0.468 e. The van der Waals surface area contributed by atoms with Gasteiger partial charge in [-0.15, -0.1) is 0 Å². The lowest BCUT2D eigenvalue weighted by molar-refractivity contribution is 0.218. The van der Waals surface area contributed by atoms with E-state index in [2.05, 4.69) is 25.2 Å². The quantitative estimate of drug-likeness (QED) is 0.356. The van der Waals surface area contributed by atoms with Gasteiger partial charge in [-0.2, -0.15) is 11.8 Å². The molecule has 0 aromatic carbocycles. The van der Waals surface area contributed by atoms with Crippen LogP contribution in [0.25, 0.3) is 0 Å². The highest BCUT2D eigenvalue weighted by Crippen LogP contribution is 2.19. The topological polar surface area (TPSA) is 127 Å². The van der Waals surface area contributed by atoms with E-state index in [1.165, 1.54) is 30.1 Å². The van der Waals surface area contributed by atoms with Gasteiger partial charge in [-0.05, 0) is 31.8 Å². The highest BCUT2D eigenvalue weighted by atomic mass is 32.2. The normalized spacial score (nSPS) is 12.3. The van der Waals surface area contributed by atoms with Crippen LogP contribution in [0.3, 0.4) is 0 Å². The molecule has 9 nitrogen and oxygen atoms in total. The maximum Gasteiger partial charge on any atom is 0.258 e. The minimum absolute atomic E-state index is 0.0757. The van der Waals surface area contributed by atoms with Crippen LogP contribution >= 0.6 is 11.8 Å². The smallest absolute Gasteiger partial charge is 0.258 e. The Hall–Kier alpha value is -2.82. The molecule has 3 rings (SSSR count). The van der Waals surface area contributed by atoms with Crippen molar-refractivity contribution in [3.8, 4) is 0 Å². The molecule has 0 saturated carbocycles. The number of nitrogens with zero attached hydrogens (tertiary/aromatic N) is 2. The summed E-state index contributed by atoms with van der Waals surface area (Å²) < 4.78 is 5.55. The Morgan fingerprint density at radius 2 is 2.17 bits per heavy atom. The number of H-pyrrole nitrogens is 2. The van der Waals surface area contributed by atoms with Crippen molar-refractivity contribution in [1.29, 1.82) is 0 Å². The zero-order chi connectivity index (χ0) is 21.5. The van der Waals surface area contributed by atoms with Gasteiger partial charge in [0.2, 0.25) is 11.5 Å². The Balaban J connectivity index is 1.50. The molecule has 0 fully saturated rings. The first-order chi connectivity index (χ1) is 14.4. The predicted molar refractivity (Wildman–Crippen MR) is 117 cm³/mol. The third-order valence-electron chi connectivity index (χ3n) is 4.33. The van der Waals surface area contributed by atoms with Crippen LogP contribution in [0.1, 0.15) is 28.6 Å². The molecule has 1 atom stereocenters. The first kappa shape index (κ1) is 21.9. The number of furan rings is 1. The van der Waals surface area contributed by atoms with E-state index in [-0.39, 0.29) is 11.1 Å². The lowest BCUT2D eigenvalue weighted by atomic mass is 10.1. The van der Waals surface area contributed by atoms with Crippen molar-refractivity contribution in [2.75, 3.05) is 31.7 Å². The molecule has 30 heavy (non-hydrogen) atoms. The Labute approximate surface area is 177 Å². The van der Waals surface area contributed by atoms with Crippen LogP contribution in [-0.2, 0) is 12.3 Å². The minimum atomic E-state index is -1.22. The molecule has 0 saturated heterocycles. The number of nitrogens with one attached hydrogen (secondary N) is 3. The Morgan fingerprint density at radius 1 is 1.33 bits per heavy atom. The Morgan fingerprint density at radius 3 is 2.90 bits per heavy atom. The summed E-state index contributed by atoms with van der Waals surface area (Å²) in [6, 6.07) is 4.78. The second-order valence-corrected chi connectivity index (χ2v) is 8.10. The first-order valence-electron chi connectivity index (χ1n) is 9.41. The number of anilines is 1. The number of aromatic nitrogens is 3.